The summed E-state index contributed by atoms with van der Waals surface area (Å²) < 4.78 is 10.1. The van der Waals surface area contributed by atoms with Crippen LogP contribution in [-0.2, 0) is 4.74 Å². The molecule has 0 saturated heterocycles. The van der Waals surface area contributed by atoms with Crippen molar-refractivity contribution in [2.45, 2.75) is 0 Å². The highest BCUT2D eigenvalue weighted by atomic mass is 79.9. The van der Waals surface area contributed by atoms with E-state index in [2.05, 4.69) is 25.9 Å². The number of ether oxygens (including phenoxy) is 2. The molecule has 1 aromatic heterocycles. The predicted octanol–water partition coefficient (Wildman–Crippen LogP) is 3.75. The van der Waals surface area contributed by atoms with Crippen LogP contribution in [0.3, 0.4) is 0 Å². The highest BCUT2D eigenvalue weighted by molar-refractivity contribution is 9.09. The van der Waals surface area contributed by atoms with Gasteiger partial charge >= 0.3 is 5.97 Å². The molecule has 0 bridgehead atoms. The Labute approximate surface area is 135 Å². The van der Waals surface area contributed by atoms with Gasteiger partial charge < -0.3 is 14.5 Å². The number of fused-ring (bicyclic) bond motifs is 1. The van der Waals surface area contributed by atoms with Gasteiger partial charge in [0, 0.05) is 5.56 Å². The molecule has 3 rings (SSSR count). The number of aromatic amines is 1. The summed E-state index contributed by atoms with van der Waals surface area (Å²) in [5, 5.41) is 0. The molecule has 1 heterocycles. The fourth-order valence-corrected chi connectivity index (χ4v) is 2.48. The number of imidazole rings is 1. The van der Waals surface area contributed by atoms with Crippen molar-refractivity contribution in [1.29, 1.82) is 0 Å². The fraction of sp³-hybridized carbons (Fsp3) is 0.125. The van der Waals surface area contributed by atoms with E-state index in [1.165, 1.54) is 7.11 Å². The summed E-state index contributed by atoms with van der Waals surface area (Å²) >= 11 is 3.22. The molecular formula is C16H13BrN2O3. The number of carbonyl (C=O) groups is 1. The van der Waals surface area contributed by atoms with Gasteiger partial charge in [-0.3, -0.25) is 0 Å². The number of rotatable bonds is 4. The second-order valence-corrected chi connectivity index (χ2v) is 5.01. The molecule has 0 radical (unpaired) electrons. The summed E-state index contributed by atoms with van der Waals surface area (Å²) in [7, 11) is 1.36. The van der Waals surface area contributed by atoms with E-state index in [1.54, 1.807) is 12.1 Å². The molecule has 6 heteroatoms. The number of carbonyl (C=O) groups excluding carboxylic acids is 1. The Balaban J connectivity index is 2.03. The van der Waals surface area contributed by atoms with Crippen molar-refractivity contribution in [1.82, 2.24) is 9.97 Å². The molecule has 0 aliphatic carbocycles. The second-order valence-electron chi connectivity index (χ2n) is 4.56. The summed E-state index contributed by atoms with van der Waals surface area (Å²) in [6.45, 7) is 0. The first-order valence-electron chi connectivity index (χ1n) is 6.59. The fourth-order valence-electron chi connectivity index (χ4n) is 2.22. The lowest BCUT2D eigenvalue weighted by Gasteiger charge is -2.02. The Morgan fingerprint density at radius 2 is 2.00 bits per heavy atom. The Morgan fingerprint density at radius 1 is 1.23 bits per heavy atom. The molecule has 0 aliphatic rings. The molecule has 2 aromatic carbocycles. The standard InChI is InChI=1S/C16H13BrN2O3/c1-21-16(20)12-3-2-4-13-14(12)19-15(18-13)10-5-7-11(8-6-10)22-9-17/h2-8H,9H2,1H3,(H,18,19). The minimum atomic E-state index is -0.398. The number of esters is 1. The van der Waals surface area contributed by atoms with Crippen LogP contribution in [0.15, 0.2) is 42.5 Å². The lowest BCUT2D eigenvalue weighted by molar-refractivity contribution is 0.0603. The third-order valence-corrected chi connectivity index (χ3v) is 3.50. The van der Waals surface area contributed by atoms with Crippen LogP contribution in [0.1, 0.15) is 10.4 Å². The van der Waals surface area contributed by atoms with Crippen LogP contribution in [0.25, 0.3) is 22.4 Å². The van der Waals surface area contributed by atoms with Crippen LogP contribution < -0.4 is 4.74 Å². The summed E-state index contributed by atoms with van der Waals surface area (Å²) in [5.74, 6) is 1.06. The number of nitrogens with one attached hydrogen (secondary N) is 1. The number of halogens is 1. The van der Waals surface area contributed by atoms with Gasteiger partial charge in [0.25, 0.3) is 0 Å². The van der Waals surface area contributed by atoms with Crippen LogP contribution in [0.2, 0.25) is 0 Å². The molecule has 5 nitrogen and oxygen atoms in total. The Morgan fingerprint density at radius 3 is 2.68 bits per heavy atom. The Bertz CT molecular complexity index is 812. The first kappa shape index (κ1) is 14.6. The second kappa shape index (κ2) is 6.19. The van der Waals surface area contributed by atoms with Gasteiger partial charge in [0.15, 0.2) is 0 Å². The average molecular weight is 361 g/mol. The molecule has 1 N–H and O–H groups in total. The molecule has 0 saturated carbocycles. The molecular weight excluding hydrogens is 348 g/mol. The van der Waals surface area contributed by atoms with Gasteiger partial charge in [0.1, 0.15) is 22.6 Å². The zero-order valence-electron chi connectivity index (χ0n) is 11.8. The zero-order chi connectivity index (χ0) is 15.5. The minimum absolute atomic E-state index is 0.398. The topological polar surface area (TPSA) is 64.2 Å². The molecule has 0 fully saturated rings. The van der Waals surface area contributed by atoms with E-state index in [-0.39, 0.29) is 0 Å². The maximum atomic E-state index is 11.8. The monoisotopic (exact) mass is 360 g/mol. The van der Waals surface area contributed by atoms with Crippen LogP contribution >= 0.6 is 15.9 Å². The zero-order valence-corrected chi connectivity index (χ0v) is 13.4. The smallest absolute Gasteiger partial charge is 0.340 e. The van der Waals surface area contributed by atoms with Gasteiger partial charge in [-0.15, -0.1) is 0 Å². The minimum Gasteiger partial charge on any atom is -0.482 e. The van der Waals surface area contributed by atoms with Crippen LogP contribution in [0.5, 0.6) is 5.75 Å². The van der Waals surface area contributed by atoms with Crippen LogP contribution in [0.4, 0.5) is 0 Å². The van der Waals surface area contributed by atoms with E-state index in [4.69, 9.17) is 9.47 Å². The van der Waals surface area contributed by atoms with Crippen molar-refractivity contribution in [2.24, 2.45) is 0 Å². The molecule has 112 valence electrons. The van der Waals surface area contributed by atoms with Crippen molar-refractivity contribution in [2.75, 3.05) is 12.6 Å². The molecule has 0 spiro atoms. The largest absolute Gasteiger partial charge is 0.482 e. The molecule has 0 atom stereocenters. The summed E-state index contributed by atoms with van der Waals surface area (Å²) in [4.78, 5) is 19.5. The van der Waals surface area contributed by atoms with E-state index >= 15 is 0 Å². The van der Waals surface area contributed by atoms with Gasteiger partial charge in [-0.05, 0) is 52.3 Å². The number of benzene rings is 2. The van der Waals surface area contributed by atoms with Gasteiger partial charge in [0.2, 0.25) is 0 Å². The van der Waals surface area contributed by atoms with E-state index < -0.39 is 5.97 Å². The van der Waals surface area contributed by atoms with Crippen molar-refractivity contribution >= 4 is 32.9 Å². The van der Waals surface area contributed by atoms with Crippen LogP contribution in [0, 0.1) is 0 Å². The average Bonchev–Trinajstić information content (AvgIpc) is 2.99. The number of nitrogens with zero attached hydrogens (tertiary/aromatic N) is 1. The number of aromatic nitrogens is 2. The van der Waals surface area contributed by atoms with Gasteiger partial charge in [-0.2, -0.15) is 0 Å². The molecule has 0 unspecified atom stereocenters. The maximum Gasteiger partial charge on any atom is 0.340 e. The van der Waals surface area contributed by atoms with Crippen molar-refractivity contribution in [3.63, 3.8) is 0 Å². The van der Waals surface area contributed by atoms with E-state index in [9.17, 15) is 4.79 Å². The van der Waals surface area contributed by atoms with Gasteiger partial charge in [-0.1, -0.05) is 6.07 Å². The Hall–Kier alpha value is -2.34. The number of para-hydroxylation sites is 1. The summed E-state index contributed by atoms with van der Waals surface area (Å²) in [6.07, 6.45) is 0. The molecule has 3 aromatic rings. The number of methoxy groups -OCH3 is 1. The highest BCUT2D eigenvalue weighted by Gasteiger charge is 2.14. The van der Waals surface area contributed by atoms with Gasteiger partial charge in [-0.25, -0.2) is 9.78 Å². The van der Waals surface area contributed by atoms with E-state index in [0.29, 0.717) is 22.4 Å². The van der Waals surface area contributed by atoms with Crippen molar-refractivity contribution in [3.05, 3.63) is 48.0 Å². The summed E-state index contributed by atoms with van der Waals surface area (Å²) in [5.41, 5.74) is 3.19. The SMILES string of the molecule is COC(=O)c1cccc2[nH]c(-c3ccc(OCBr)cc3)nc12. The van der Waals surface area contributed by atoms with Gasteiger partial charge in [0.05, 0.1) is 18.2 Å². The predicted molar refractivity (Wildman–Crippen MR) is 87.3 cm³/mol. The lowest BCUT2D eigenvalue weighted by atomic mass is 10.2. The van der Waals surface area contributed by atoms with Crippen molar-refractivity contribution < 1.29 is 14.3 Å². The van der Waals surface area contributed by atoms with E-state index in [1.807, 2.05) is 30.3 Å². The molecule has 0 amide bonds. The van der Waals surface area contributed by atoms with Crippen LogP contribution in [-0.4, -0.2) is 28.6 Å². The number of hydrogen-bond acceptors (Lipinski definition) is 4. The molecule has 22 heavy (non-hydrogen) atoms. The molecule has 0 aliphatic heterocycles. The third kappa shape index (κ3) is 2.69. The maximum absolute atomic E-state index is 11.8. The van der Waals surface area contributed by atoms with E-state index in [0.717, 1.165) is 16.8 Å². The number of H-pyrrole nitrogens is 1. The lowest BCUT2D eigenvalue weighted by Crippen LogP contribution is -2.01. The number of hydrogen-bond donors (Lipinski definition) is 1. The van der Waals surface area contributed by atoms with Crippen molar-refractivity contribution in [3.8, 4) is 17.1 Å². The Kier molecular flexibility index (Phi) is 4.11. The normalized spacial score (nSPS) is 10.6. The number of alkyl halides is 1. The third-order valence-electron chi connectivity index (χ3n) is 3.27. The highest BCUT2D eigenvalue weighted by Crippen LogP contribution is 2.25. The quantitative estimate of drug-likeness (QED) is 0.568. The first-order chi connectivity index (χ1) is 10.7. The summed E-state index contributed by atoms with van der Waals surface area (Å²) in [6, 6.07) is 12.9. The first-order valence-corrected chi connectivity index (χ1v) is 7.71.